The lowest BCUT2D eigenvalue weighted by Gasteiger charge is -2.19. The monoisotopic (exact) mass is 230 g/mol. The number of benzene rings is 1. The molecule has 0 heterocycles. The molecule has 0 N–H and O–H groups in total. The molecule has 0 fully saturated rings. The Morgan fingerprint density at radius 1 is 1.06 bits per heavy atom. The lowest BCUT2D eigenvalue weighted by molar-refractivity contribution is 0.387. The smallest absolute Gasteiger partial charge is 0.126 e. The predicted molar refractivity (Wildman–Crippen MR) is 69.7 cm³/mol. The maximum Gasteiger partial charge on any atom is 0.126 e. The Morgan fingerprint density at radius 2 is 1.76 bits per heavy atom. The normalized spacial score (nSPS) is 16.2. The molecule has 1 aromatic rings. The highest BCUT2D eigenvalue weighted by atomic mass is 16.5. The predicted octanol–water partition coefficient (Wildman–Crippen LogP) is 3.55. The van der Waals surface area contributed by atoms with Crippen molar-refractivity contribution in [3.05, 3.63) is 48.1 Å². The molecule has 2 nitrogen and oxygen atoms in total. The molecular weight excluding hydrogens is 212 g/mol. The number of hydrogen-bond donors (Lipinski definition) is 0. The van der Waals surface area contributed by atoms with Crippen molar-refractivity contribution in [3.63, 3.8) is 0 Å². The summed E-state index contributed by atoms with van der Waals surface area (Å²) in [6.45, 7) is 2.22. The van der Waals surface area contributed by atoms with E-state index in [1.54, 1.807) is 14.2 Å². The Bertz CT molecular complexity index is 434. The average Bonchev–Trinajstić information content (AvgIpc) is 2.91. The van der Waals surface area contributed by atoms with Crippen molar-refractivity contribution < 1.29 is 9.47 Å². The lowest BCUT2D eigenvalue weighted by Crippen LogP contribution is -2.05. The van der Waals surface area contributed by atoms with Gasteiger partial charge in [0.15, 0.2) is 0 Å². The summed E-state index contributed by atoms with van der Waals surface area (Å²) in [4.78, 5) is 0. The van der Waals surface area contributed by atoms with Gasteiger partial charge < -0.3 is 9.47 Å². The molecule has 1 atom stereocenters. The zero-order valence-corrected chi connectivity index (χ0v) is 10.5. The van der Waals surface area contributed by atoms with Gasteiger partial charge >= 0.3 is 0 Å². The van der Waals surface area contributed by atoms with E-state index in [0.29, 0.717) is 11.8 Å². The molecule has 2 rings (SSSR count). The van der Waals surface area contributed by atoms with Crippen LogP contribution in [0, 0.1) is 5.92 Å². The van der Waals surface area contributed by atoms with Crippen LogP contribution in [0.4, 0.5) is 0 Å². The van der Waals surface area contributed by atoms with Crippen LogP contribution in [0.3, 0.4) is 0 Å². The highest BCUT2D eigenvalue weighted by molar-refractivity contribution is 5.44. The van der Waals surface area contributed by atoms with E-state index in [-0.39, 0.29) is 0 Å². The molecule has 0 saturated heterocycles. The van der Waals surface area contributed by atoms with Crippen LogP contribution in [0.25, 0.3) is 0 Å². The van der Waals surface area contributed by atoms with E-state index in [2.05, 4.69) is 37.3 Å². The fourth-order valence-electron chi connectivity index (χ4n) is 2.18. The highest BCUT2D eigenvalue weighted by Crippen LogP contribution is 2.36. The Morgan fingerprint density at radius 3 is 2.35 bits per heavy atom. The van der Waals surface area contributed by atoms with Crippen LogP contribution in [0.1, 0.15) is 18.4 Å². The van der Waals surface area contributed by atoms with Crippen molar-refractivity contribution in [3.8, 4) is 11.5 Å². The Labute approximate surface area is 103 Å². The zero-order chi connectivity index (χ0) is 12.3. The third-order valence-corrected chi connectivity index (χ3v) is 3.29. The molecule has 17 heavy (non-hydrogen) atoms. The van der Waals surface area contributed by atoms with Crippen molar-refractivity contribution in [2.45, 2.75) is 12.8 Å². The first-order valence-corrected chi connectivity index (χ1v) is 5.83. The van der Waals surface area contributed by atoms with E-state index in [1.165, 1.54) is 5.56 Å². The molecule has 1 aliphatic rings. The third-order valence-electron chi connectivity index (χ3n) is 3.29. The Balaban J connectivity index is 2.30. The molecule has 1 aliphatic carbocycles. The van der Waals surface area contributed by atoms with Gasteiger partial charge in [-0.05, 0) is 17.5 Å². The van der Waals surface area contributed by atoms with Crippen molar-refractivity contribution in [1.29, 1.82) is 0 Å². The van der Waals surface area contributed by atoms with E-state index >= 15 is 0 Å². The number of rotatable bonds is 4. The van der Waals surface area contributed by atoms with E-state index in [9.17, 15) is 0 Å². The average molecular weight is 230 g/mol. The molecule has 0 aliphatic heterocycles. The van der Waals surface area contributed by atoms with E-state index in [0.717, 1.165) is 11.5 Å². The summed E-state index contributed by atoms with van der Waals surface area (Å²) in [6, 6.07) is 6.01. The van der Waals surface area contributed by atoms with Crippen LogP contribution in [0.2, 0.25) is 0 Å². The highest BCUT2D eigenvalue weighted by Gasteiger charge is 2.19. The molecule has 0 saturated carbocycles. The largest absolute Gasteiger partial charge is 0.497 e. The second kappa shape index (κ2) is 5.09. The van der Waals surface area contributed by atoms with Gasteiger partial charge in [-0.1, -0.05) is 37.3 Å². The lowest BCUT2D eigenvalue weighted by atomic mass is 9.88. The third kappa shape index (κ3) is 2.36. The summed E-state index contributed by atoms with van der Waals surface area (Å²) < 4.78 is 10.6. The zero-order valence-electron chi connectivity index (χ0n) is 10.5. The first-order valence-electron chi connectivity index (χ1n) is 5.83. The maximum absolute atomic E-state index is 5.44. The summed E-state index contributed by atoms with van der Waals surface area (Å²) in [5, 5.41) is 0. The van der Waals surface area contributed by atoms with Gasteiger partial charge in [0.25, 0.3) is 0 Å². The standard InChI is InChI=1S/C15H18O2/c1-11(12-6-4-5-7-12)14-9-8-13(16-2)10-15(14)17-3/h4-12H,1-3H3/t11-/m0/s1. The van der Waals surface area contributed by atoms with Crippen LogP contribution in [-0.2, 0) is 0 Å². The first kappa shape index (κ1) is 11.8. The van der Waals surface area contributed by atoms with Gasteiger partial charge in [0, 0.05) is 12.0 Å². The molecule has 0 amide bonds. The fourth-order valence-corrected chi connectivity index (χ4v) is 2.18. The molecule has 0 radical (unpaired) electrons. The first-order chi connectivity index (χ1) is 8.26. The molecule has 0 aromatic heterocycles. The van der Waals surface area contributed by atoms with Gasteiger partial charge in [0.05, 0.1) is 14.2 Å². The Hall–Kier alpha value is -1.70. The molecule has 2 heteroatoms. The van der Waals surface area contributed by atoms with Crippen molar-refractivity contribution in [2.75, 3.05) is 14.2 Å². The van der Waals surface area contributed by atoms with Crippen molar-refractivity contribution >= 4 is 0 Å². The number of ether oxygens (including phenoxy) is 2. The summed E-state index contributed by atoms with van der Waals surface area (Å²) >= 11 is 0. The molecule has 1 aromatic carbocycles. The van der Waals surface area contributed by atoms with Crippen LogP contribution in [0.15, 0.2) is 42.5 Å². The minimum atomic E-state index is 0.408. The van der Waals surface area contributed by atoms with Gasteiger partial charge in [0.2, 0.25) is 0 Å². The summed E-state index contributed by atoms with van der Waals surface area (Å²) in [7, 11) is 3.37. The summed E-state index contributed by atoms with van der Waals surface area (Å²) in [5.74, 6) is 2.59. The topological polar surface area (TPSA) is 18.5 Å². The van der Waals surface area contributed by atoms with Crippen LogP contribution in [0.5, 0.6) is 11.5 Å². The number of allylic oxidation sites excluding steroid dienone is 4. The SMILES string of the molecule is COc1ccc([C@@H](C)C2C=CC=C2)c(OC)c1. The van der Waals surface area contributed by atoms with Gasteiger partial charge in [-0.2, -0.15) is 0 Å². The van der Waals surface area contributed by atoms with Crippen molar-refractivity contribution in [1.82, 2.24) is 0 Å². The van der Waals surface area contributed by atoms with Crippen LogP contribution >= 0.6 is 0 Å². The van der Waals surface area contributed by atoms with Gasteiger partial charge in [-0.25, -0.2) is 0 Å². The minimum Gasteiger partial charge on any atom is -0.497 e. The molecule has 0 spiro atoms. The molecule has 0 bridgehead atoms. The minimum absolute atomic E-state index is 0.408. The molecular formula is C15H18O2. The quantitative estimate of drug-likeness (QED) is 0.787. The van der Waals surface area contributed by atoms with E-state index in [1.807, 2.05) is 12.1 Å². The van der Waals surface area contributed by atoms with Crippen molar-refractivity contribution in [2.24, 2.45) is 5.92 Å². The van der Waals surface area contributed by atoms with Gasteiger partial charge in [-0.15, -0.1) is 0 Å². The molecule has 90 valence electrons. The Kier molecular flexibility index (Phi) is 3.52. The van der Waals surface area contributed by atoms with Crippen LogP contribution in [-0.4, -0.2) is 14.2 Å². The number of methoxy groups -OCH3 is 2. The maximum atomic E-state index is 5.44. The second-order valence-electron chi connectivity index (χ2n) is 4.24. The van der Waals surface area contributed by atoms with E-state index in [4.69, 9.17) is 9.47 Å². The second-order valence-corrected chi connectivity index (χ2v) is 4.24. The summed E-state index contributed by atoms with van der Waals surface area (Å²) in [5.41, 5.74) is 1.22. The molecule has 0 unspecified atom stereocenters. The van der Waals surface area contributed by atoms with Crippen LogP contribution < -0.4 is 9.47 Å². The number of hydrogen-bond acceptors (Lipinski definition) is 2. The van der Waals surface area contributed by atoms with E-state index < -0.39 is 0 Å². The summed E-state index contributed by atoms with van der Waals surface area (Å²) in [6.07, 6.45) is 8.62. The van der Waals surface area contributed by atoms with Gasteiger partial charge in [-0.3, -0.25) is 0 Å². The van der Waals surface area contributed by atoms with Gasteiger partial charge in [0.1, 0.15) is 11.5 Å². The fraction of sp³-hybridized carbons (Fsp3) is 0.333.